The van der Waals surface area contributed by atoms with Crippen LogP contribution in [0.15, 0.2) is 35.7 Å². The van der Waals surface area contributed by atoms with Crippen molar-refractivity contribution in [3.8, 4) is 11.5 Å². The summed E-state index contributed by atoms with van der Waals surface area (Å²) in [5.41, 5.74) is 1.10. The number of benzene rings is 1. The van der Waals surface area contributed by atoms with Gasteiger partial charge in [-0.2, -0.15) is 0 Å². The Hall–Kier alpha value is -1.56. The molecule has 1 aromatic carbocycles. The van der Waals surface area contributed by atoms with Crippen LogP contribution in [0.4, 0.5) is 0 Å². The molecule has 0 spiro atoms. The molecule has 1 atom stereocenters. The predicted molar refractivity (Wildman–Crippen MR) is 89.6 cm³/mol. The lowest BCUT2D eigenvalue weighted by molar-refractivity contribution is 0.238. The van der Waals surface area contributed by atoms with E-state index in [9.17, 15) is 5.11 Å². The van der Waals surface area contributed by atoms with E-state index in [2.05, 4.69) is 18.3 Å². The number of thiophene rings is 1. The first-order chi connectivity index (χ1) is 10.8. The molecule has 22 heavy (non-hydrogen) atoms. The minimum atomic E-state index is 0.126. The average Bonchev–Trinajstić information content (AvgIpc) is 3.07. The second kappa shape index (κ2) is 8.78. The molecule has 0 bridgehead atoms. The third-order valence-electron chi connectivity index (χ3n) is 3.49. The minimum absolute atomic E-state index is 0.126. The van der Waals surface area contributed by atoms with Crippen molar-refractivity contribution in [3.05, 3.63) is 46.2 Å². The third kappa shape index (κ3) is 4.73. The van der Waals surface area contributed by atoms with E-state index >= 15 is 0 Å². The van der Waals surface area contributed by atoms with Crippen LogP contribution in [0, 0.1) is 0 Å². The van der Waals surface area contributed by atoms with Crippen molar-refractivity contribution >= 4 is 11.3 Å². The molecule has 4 nitrogen and oxygen atoms in total. The topological polar surface area (TPSA) is 50.7 Å². The number of aliphatic hydroxyl groups excluding tert-OH is 1. The quantitative estimate of drug-likeness (QED) is 0.745. The Morgan fingerprint density at radius 1 is 1.27 bits per heavy atom. The van der Waals surface area contributed by atoms with E-state index in [4.69, 9.17) is 9.47 Å². The number of rotatable bonds is 9. The van der Waals surface area contributed by atoms with Gasteiger partial charge >= 0.3 is 0 Å². The Labute approximate surface area is 135 Å². The summed E-state index contributed by atoms with van der Waals surface area (Å²) in [6, 6.07) is 10.1. The Bertz CT molecular complexity index is 553. The van der Waals surface area contributed by atoms with Gasteiger partial charge in [0.15, 0.2) is 11.5 Å². The first-order valence-electron chi connectivity index (χ1n) is 7.43. The van der Waals surface area contributed by atoms with Gasteiger partial charge in [-0.15, -0.1) is 11.3 Å². The fraction of sp³-hybridized carbons (Fsp3) is 0.412. The zero-order chi connectivity index (χ0) is 15.8. The maximum atomic E-state index is 9.20. The third-order valence-corrected chi connectivity index (χ3v) is 4.34. The molecule has 0 amide bonds. The molecule has 0 aliphatic carbocycles. The molecule has 0 aliphatic rings. The number of methoxy groups -OCH3 is 1. The summed E-state index contributed by atoms with van der Waals surface area (Å²) in [6.07, 6.45) is 0.898. The zero-order valence-corrected chi connectivity index (χ0v) is 13.9. The molecule has 1 aromatic heterocycles. The van der Waals surface area contributed by atoms with Gasteiger partial charge in [-0.05, 0) is 35.6 Å². The van der Waals surface area contributed by atoms with Gasteiger partial charge in [-0.1, -0.05) is 19.1 Å². The van der Waals surface area contributed by atoms with Crippen LogP contribution in [0.25, 0.3) is 0 Å². The van der Waals surface area contributed by atoms with Crippen LogP contribution in [-0.2, 0) is 13.2 Å². The van der Waals surface area contributed by atoms with E-state index in [1.807, 2.05) is 29.6 Å². The normalized spacial score (nSPS) is 12.1. The summed E-state index contributed by atoms with van der Waals surface area (Å²) in [6.45, 7) is 3.44. The fourth-order valence-corrected chi connectivity index (χ4v) is 2.70. The maximum Gasteiger partial charge on any atom is 0.161 e. The molecule has 0 aliphatic heterocycles. The van der Waals surface area contributed by atoms with E-state index in [-0.39, 0.29) is 12.6 Å². The molecule has 2 rings (SSSR count). The van der Waals surface area contributed by atoms with Crippen molar-refractivity contribution in [1.82, 2.24) is 5.32 Å². The van der Waals surface area contributed by atoms with Crippen molar-refractivity contribution < 1.29 is 14.6 Å². The van der Waals surface area contributed by atoms with Gasteiger partial charge in [-0.25, -0.2) is 0 Å². The first-order valence-corrected chi connectivity index (χ1v) is 8.31. The lowest BCUT2D eigenvalue weighted by Crippen LogP contribution is -2.31. The minimum Gasteiger partial charge on any atom is -0.493 e. The Kier molecular flexibility index (Phi) is 6.71. The SMILES string of the molecule is CC[C@@H](CO)NCc1ccc(OCc2cccs2)c(OC)c1. The summed E-state index contributed by atoms with van der Waals surface area (Å²) >= 11 is 1.68. The van der Waals surface area contributed by atoms with Crippen LogP contribution in [0.2, 0.25) is 0 Å². The Morgan fingerprint density at radius 2 is 2.14 bits per heavy atom. The average molecular weight is 321 g/mol. The van der Waals surface area contributed by atoms with Crippen molar-refractivity contribution in [3.63, 3.8) is 0 Å². The molecule has 0 radical (unpaired) electrons. The van der Waals surface area contributed by atoms with Crippen LogP contribution in [0.1, 0.15) is 23.8 Å². The molecule has 0 unspecified atom stereocenters. The molecular formula is C17H23NO3S. The second-order valence-electron chi connectivity index (χ2n) is 5.02. The van der Waals surface area contributed by atoms with Gasteiger partial charge < -0.3 is 19.9 Å². The maximum absolute atomic E-state index is 9.20. The van der Waals surface area contributed by atoms with Gasteiger partial charge in [-0.3, -0.25) is 0 Å². The lowest BCUT2D eigenvalue weighted by atomic mass is 10.1. The molecule has 2 aromatic rings. The van der Waals surface area contributed by atoms with Gasteiger partial charge in [0, 0.05) is 17.5 Å². The van der Waals surface area contributed by atoms with Crippen molar-refractivity contribution in [2.75, 3.05) is 13.7 Å². The highest BCUT2D eigenvalue weighted by atomic mass is 32.1. The number of hydrogen-bond donors (Lipinski definition) is 2. The highest BCUT2D eigenvalue weighted by Crippen LogP contribution is 2.29. The molecule has 2 N–H and O–H groups in total. The Morgan fingerprint density at radius 3 is 2.77 bits per heavy atom. The van der Waals surface area contributed by atoms with E-state index < -0.39 is 0 Å². The number of ether oxygens (including phenoxy) is 2. The summed E-state index contributed by atoms with van der Waals surface area (Å²) in [4.78, 5) is 1.18. The van der Waals surface area contributed by atoms with Crippen LogP contribution in [-0.4, -0.2) is 24.9 Å². The standard InChI is InChI=1S/C17H23NO3S/c1-3-14(11-19)18-10-13-6-7-16(17(9-13)20-2)21-12-15-5-4-8-22-15/h4-9,14,18-19H,3,10-12H2,1-2H3/t14-/m0/s1. The highest BCUT2D eigenvalue weighted by Gasteiger charge is 2.08. The first kappa shape index (κ1) is 16.8. The van der Waals surface area contributed by atoms with Gasteiger partial charge in [0.05, 0.1) is 13.7 Å². The van der Waals surface area contributed by atoms with Gasteiger partial charge in [0.1, 0.15) is 6.61 Å². The molecule has 0 saturated carbocycles. The van der Waals surface area contributed by atoms with E-state index in [0.29, 0.717) is 13.2 Å². The molecule has 5 heteroatoms. The van der Waals surface area contributed by atoms with Crippen LogP contribution in [0.3, 0.4) is 0 Å². The monoisotopic (exact) mass is 321 g/mol. The fourth-order valence-electron chi connectivity index (χ4n) is 2.08. The molecular weight excluding hydrogens is 298 g/mol. The summed E-state index contributed by atoms with van der Waals surface area (Å²) in [5, 5.41) is 14.6. The summed E-state index contributed by atoms with van der Waals surface area (Å²) < 4.78 is 11.2. The van der Waals surface area contributed by atoms with Crippen LogP contribution >= 0.6 is 11.3 Å². The van der Waals surface area contributed by atoms with Gasteiger partial charge in [0.2, 0.25) is 0 Å². The van der Waals surface area contributed by atoms with Crippen molar-refractivity contribution in [2.45, 2.75) is 32.5 Å². The van der Waals surface area contributed by atoms with E-state index in [1.54, 1.807) is 18.4 Å². The smallest absolute Gasteiger partial charge is 0.161 e. The van der Waals surface area contributed by atoms with E-state index in [1.165, 1.54) is 4.88 Å². The molecule has 120 valence electrons. The van der Waals surface area contributed by atoms with Crippen molar-refractivity contribution in [1.29, 1.82) is 0 Å². The highest BCUT2D eigenvalue weighted by molar-refractivity contribution is 7.09. The largest absolute Gasteiger partial charge is 0.493 e. The summed E-state index contributed by atoms with van der Waals surface area (Å²) in [7, 11) is 1.65. The number of hydrogen-bond acceptors (Lipinski definition) is 5. The number of nitrogens with one attached hydrogen (secondary N) is 1. The van der Waals surface area contributed by atoms with Crippen molar-refractivity contribution in [2.24, 2.45) is 0 Å². The molecule has 1 heterocycles. The zero-order valence-electron chi connectivity index (χ0n) is 13.0. The summed E-state index contributed by atoms with van der Waals surface area (Å²) in [5.74, 6) is 1.47. The Balaban J connectivity index is 1.97. The van der Waals surface area contributed by atoms with Crippen LogP contribution < -0.4 is 14.8 Å². The van der Waals surface area contributed by atoms with E-state index in [0.717, 1.165) is 23.5 Å². The predicted octanol–water partition coefficient (Wildman–Crippen LogP) is 3.20. The molecule has 0 saturated heterocycles. The lowest BCUT2D eigenvalue weighted by Gasteiger charge is -2.15. The number of aliphatic hydroxyl groups is 1. The van der Waals surface area contributed by atoms with Crippen LogP contribution in [0.5, 0.6) is 11.5 Å². The van der Waals surface area contributed by atoms with Gasteiger partial charge in [0.25, 0.3) is 0 Å². The second-order valence-corrected chi connectivity index (χ2v) is 6.05. The molecule has 0 fully saturated rings.